The van der Waals surface area contributed by atoms with Crippen molar-refractivity contribution in [3.05, 3.63) is 59.4 Å². The highest BCUT2D eigenvalue weighted by Crippen LogP contribution is 2.19. The number of benzene rings is 1. The van der Waals surface area contributed by atoms with Crippen LogP contribution in [0.2, 0.25) is 0 Å². The van der Waals surface area contributed by atoms with Gasteiger partial charge in [0, 0.05) is 24.3 Å². The Bertz CT molecular complexity index is 954. The highest BCUT2D eigenvalue weighted by Gasteiger charge is 2.24. The molecule has 0 atom stereocenters. The predicted molar refractivity (Wildman–Crippen MR) is 98.6 cm³/mol. The number of carbonyl (C=O) groups excluding carboxylic acids is 2. The van der Waals surface area contributed by atoms with E-state index in [-0.39, 0.29) is 28.4 Å². The smallest absolute Gasteiger partial charge is 0.269 e. The van der Waals surface area contributed by atoms with E-state index in [1.807, 2.05) is 0 Å². The zero-order chi connectivity index (χ0) is 19.4. The van der Waals surface area contributed by atoms with E-state index in [9.17, 15) is 18.0 Å². The van der Waals surface area contributed by atoms with Gasteiger partial charge in [-0.05, 0) is 49.1 Å². The van der Waals surface area contributed by atoms with Crippen LogP contribution in [0.5, 0.6) is 0 Å². The first kappa shape index (κ1) is 19.0. The molecule has 1 aliphatic rings. The molecule has 1 fully saturated rings. The molecule has 1 aliphatic carbocycles. The van der Waals surface area contributed by atoms with Crippen molar-refractivity contribution in [3.63, 3.8) is 0 Å². The van der Waals surface area contributed by atoms with Gasteiger partial charge < -0.3 is 10.6 Å². The number of nitrogens with one attached hydrogen (secondary N) is 2. The van der Waals surface area contributed by atoms with Gasteiger partial charge in [0.2, 0.25) is 10.0 Å². The summed E-state index contributed by atoms with van der Waals surface area (Å²) in [5.74, 6) is -0.582. The summed E-state index contributed by atoms with van der Waals surface area (Å²) in [5.41, 5.74) is 1.43. The molecule has 1 heterocycles. The van der Waals surface area contributed by atoms with Crippen molar-refractivity contribution in [2.75, 3.05) is 6.54 Å². The third-order valence-electron chi connectivity index (χ3n) is 4.12. The zero-order valence-corrected chi connectivity index (χ0v) is 15.3. The molecule has 1 saturated carbocycles. The Morgan fingerprint density at radius 3 is 2.44 bits per heavy atom. The SMILES string of the molecule is NS(=O)(=O)c1ccc(CCNC(=O)c2cc(C(=O)NC3CC3)ccn2)cc1. The molecule has 1 aromatic carbocycles. The van der Waals surface area contributed by atoms with Crippen molar-refractivity contribution in [3.8, 4) is 0 Å². The van der Waals surface area contributed by atoms with E-state index >= 15 is 0 Å². The number of sulfonamides is 1. The molecule has 9 heteroatoms. The van der Waals surface area contributed by atoms with E-state index in [1.165, 1.54) is 24.4 Å². The van der Waals surface area contributed by atoms with Crippen LogP contribution < -0.4 is 15.8 Å². The second-order valence-electron chi connectivity index (χ2n) is 6.37. The van der Waals surface area contributed by atoms with Crippen molar-refractivity contribution >= 4 is 21.8 Å². The van der Waals surface area contributed by atoms with Gasteiger partial charge in [0.25, 0.3) is 11.8 Å². The molecule has 1 aromatic heterocycles. The van der Waals surface area contributed by atoms with Gasteiger partial charge in [-0.1, -0.05) is 12.1 Å². The van der Waals surface area contributed by atoms with Crippen molar-refractivity contribution in [2.24, 2.45) is 5.14 Å². The molecule has 3 rings (SSSR count). The summed E-state index contributed by atoms with van der Waals surface area (Å²) < 4.78 is 22.5. The third-order valence-corrected chi connectivity index (χ3v) is 5.05. The number of nitrogens with zero attached hydrogens (tertiary/aromatic N) is 1. The number of hydrogen-bond donors (Lipinski definition) is 3. The van der Waals surface area contributed by atoms with Crippen molar-refractivity contribution in [2.45, 2.75) is 30.2 Å². The van der Waals surface area contributed by atoms with Crippen LogP contribution >= 0.6 is 0 Å². The summed E-state index contributed by atoms with van der Waals surface area (Å²) in [6, 6.07) is 9.42. The van der Waals surface area contributed by atoms with Crippen LogP contribution in [0, 0.1) is 0 Å². The fourth-order valence-electron chi connectivity index (χ4n) is 2.45. The maximum absolute atomic E-state index is 12.2. The molecule has 27 heavy (non-hydrogen) atoms. The van der Waals surface area contributed by atoms with E-state index in [1.54, 1.807) is 18.2 Å². The fraction of sp³-hybridized carbons (Fsp3) is 0.278. The normalized spacial score (nSPS) is 13.8. The molecule has 0 bridgehead atoms. The quantitative estimate of drug-likeness (QED) is 0.639. The summed E-state index contributed by atoms with van der Waals surface area (Å²) in [4.78, 5) is 28.3. The van der Waals surface area contributed by atoms with Crippen molar-refractivity contribution < 1.29 is 18.0 Å². The maximum Gasteiger partial charge on any atom is 0.269 e. The number of hydrogen-bond acceptors (Lipinski definition) is 5. The lowest BCUT2D eigenvalue weighted by Gasteiger charge is -2.07. The highest BCUT2D eigenvalue weighted by molar-refractivity contribution is 7.89. The van der Waals surface area contributed by atoms with Gasteiger partial charge in [-0.2, -0.15) is 0 Å². The van der Waals surface area contributed by atoms with Gasteiger partial charge >= 0.3 is 0 Å². The summed E-state index contributed by atoms with van der Waals surface area (Å²) >= 11 is 0. The standard InChI is InChI=1S/C18H20N4O4S/c19-27(25,26)15-5-1-12(2-6-15)7-9-21-18(24)16-11-13(8-10-20-16)17(23)22-14-3-4-14/h1-2,5-6,8,10-11,14H,3-4,7,9H2,(H,21,24)(H,22,23)(H2,19,25,26). The first-order valence-corrected chi connectivity index (χ1v) is 10.0. The van der Waals surface area contributed by atoms with Gasteiger partial charge in [0.05, 0.1) is 4.90 Å². The van der Waals surface area contributed by atoms with Crippen LogP contribution in [0.4, 0.5) is 0 Å². The summed E-state index contributed by atoms with van der Waals surface area (Å²) in [5, 5.41) is 10.7. The highest BCUT2D eigenvalue weighted by atomic mass is 32.2. The van der Waals surface area contributed by atoms with Crippen LogP contribution in [-0.4, -0.2) is 37.8 Å². The Kier molecular flexibility index (Phi) is 5.52. The molecule has 142 valence electrons. The minimum atomic E-state index is -3.72. The molecular weight excluding hydrogens is 368 g/mol. The lowest BCUT2D eigenvalue weighted by Crippen LogP contribution is -2.28. The van der Waals surface area contributed by atoms with E-state index in [2.05, 4.69) is 15.6 Å². The largest absolute Gasteiger partial charge is 0.350 e. The Hall–Kier alpha value is -2.78. The Morgan fingerprint density at radius 1 is 1.11 bits per heavy atom. The summed E-state index contributed by atoms with van der Waals surface area (Å²) in [6.07, 6.45) is 3.92. The number of rotatable bonds is 7. The van der Waals surface area contributed by atoms with E-state index < -0.39 is 10.0 Å². The van der Waals surface area contributed by atoms with Crippen molar-refractivity contribution in [1.82, 2.24) is 15.6 Å². The minimum absolute atomic E-state index is 0.0424. The van der Waals surface area contributed by atoms with Crippen LogP contribution in [0.3, 0.4) is 0 Å². The lowest BCUT2D eigenvalue weighted by molar-refractivity contribution is 0.0949. The van der Waals surface area contributed by atoms with E-state index in [0.29, 0.717) is 18.5 Å². The predicted octanol–water partition coefficient (Wildman–Crippen LogP) is 0.594. The van der Waals surface area contributed by atoms with Gasteiger partial charge in [0.1, 0.15) is 5.69 Å². The molecular formula is C18H20N4O4S. The number of aromatic nitrogens is 1. The molecule has 0 spiro atoms. The second kappa shape index (κ2) is 7.85. The molecule has 0 aliphatic heterocycles. The topological polar surface area (TPSA) is 131 Å². The van der Waals surface area contributed by atoms with Gasteiger partial charge in [-0.15, -0.1) is 0 Å². The Balaban J connectivity index is 1.54. The second-order valence-corrected chi connectivity index (χ2v) is 7.93. The number of pyridine rings is 1. The molecule has 8 nitrogen and oxygen atoms in total. The van der Waals surface area contributed by atoms with Gasteiger partial charge in [-0.25, -0.2) is 13.6 Å². The third kappa shape index (κ3) is 5.35. The molecule has 0 radical (unpaired) electrons. The summed E-state index contributed by atoms with van der Waals surface area (Å²) in [7, 11) is -3.72. The van der Waals surface area contributed by atoms with Gasteiger partial charge in [-0.3, -0.25) is 14.6 Å². The van der Waals surface area contributed by atoms with Crippen LogP contribution in [-0.2, 0) is 16.4 Å². The van der Waals surface area contributed by atoms with Crippen LogP contribution in [0.25, 0.3) is 0 Å². The Morgan fingerprint density at radius 2 is 1.81 bits per heavy atom. The lowest BCUT2D eigenvalue weighted by atomic mass is 10.1. The minimum Gasteiger partial charge on any atom is -0.350 e. The number of carbonyl (C=O) groups is 2. The number of amides is 2. The molecule has 0 saturated heterocycles. The summed E-state index contributed by atoms with van der Waals surface area (Å²) in [6.45, 7) is 0.341. The zero-order valence-electron chi connectivity index (χ0n) is 14.5. The van der Waals surface area contributed by atoms with Crippen LogP contribution in [0.15, 0.2) is 47.5 Å². The molecule has 4 N–H and O–H groups in total. The maximum atomic E-state index is 12.2. The average molecular weight is 388 g/mol. The molecule has 2 amide bonds. The van der Waals surface area contributed by atoms with E-state index in [4.69, 9.17) is 5.14 Å². The molecule has 2 aromatic rings. The average Bonchev–Trinajstić information content (AvgIpc) is 3.45. The fourth-order valence-corrected chi connectivity index (χ4v) is 2.96. The number of primary sulfonamides is 1. The first-order valence-electron chi connectivity index (χ1n) is 8.50. The Labute approximate surface area is 157 Å². The molecule has 0 unspecified atom stereocenters. The van der Waals surface area contributed by atoms with E-state index in [0.717, 1.165) is 18.4 Å². The van der Waals surface area contributed by atoms with Crippen molar-refractivity contribution in [1.29, 1.82) is 0 Å². The monoisotopic (exact) mass is 388 g/mol. The van der Waals surface area contributed by atoms with Gasteiger partial charge in [0.15, 0.2) is 0 Å². The number of nitrogens with two attached hydrogens (primary N) is 1. The van der Waals surface area contributed by atoms with Crippen LogP contribution in [0.1, 0.15) is 39.3 Å². The first-order chi connectivity index (χ1) is 12.8.